The van der Waals surface area contributed by atoms with Gasteiger partial charge in [-0.1, -0.05) is 0 Å². The van der Waals surface area contributed by atoms with E-state index in [0.717, 1.165) is 41.6 Å². The van der Waals surface area contributed by atoms with Crippen LogP contribution in [0.1, 0.15) is 70.0 Å². The maximum Gasteiger partial charge on any atom is 0.143 e. The molecule has 3 heterocycles. The molecule has 0 bridgehead atoms. The zero-order valence-electron chi connectivity index (χ0n) is 21.2. The Morgan fingerprint density at radius 2 is 1.91 bits per heavy atom. The van der Waals surface area contributed by atoms with Crippen molar-refractivity contribution in [3.05, 3.63) is 60.2 Å². The van der Waals surface area contributed by atoms with Crippen molar-refractivity contribution in [3.63, 3.8) is 0 Å². The average Bonchev–Trinajstić information content (AvgIpc) is 3.47. The Morgan fingerprint density at radius 1 is 1.06 bits per heavy atom. The van der Waals surface area contributed by atoms with Crippen molar-refractivity contribution in [1.29, 1.82) is 0 Å². The second-order valence-electron chi connectivity index (χ2n) is 11.1. The van der Waals surface area contributed by atoms with Gasteiger partial charge in [-0.05, 0) is 113 Å². The van der Waals surface area contributed by atoms with Crippen LogP contribution in [-0.2, 0) is 12.8 Å². The molecule has 1 aromatic carbocycles. The molecule has 6 heteroatoms. The van der Waals surface area contributed by atoms with Crippen LogP contribution in [0.25, 0.3) is 21.9 Å². The van der Waals surface area contributed by atoms with Gasteiger partial charge in [0.2, 0.25) is 0 Å². The quantitative estimate of drug-likeness (QED) is 0.325. The van der Waals surface area contributed by atoms with Crippen LogP contribution in [-0.4, -0.2) is 36.8 Å². The molecule has 1 aliphatic carbocycles. The number of rotatable bonds is 8. The van der Waals surface area contributed by atoms with Crippen molar-refractivity contribution >= 4 is 27.8 Å². The first-order chi connectivity index (χ1) is 16.9. The highest BCUT2D eigenvalue weighted by Crippen LogP contribution is 2.39. The van der Waals surface area contributed by atoms with Crippen LogP contribution in [0.5, 0.6) is 0 Å². The van der Waals surface area contributed by atoms with Gasteiger partial charge in [-0.2, -0.15) is 0 Å². The molecule has 184 valence electrons. The number of pyridine rings is 1. The Morgan fingerprint density at radius 3 is 2.74 bits per heavy atom. The van der Waals surface area contributed by atoms with Crippen LogP contribution < -0.4 is 5.32 Å². The number of aliphatic hydroxyl groups excluding tert-OH is 1. The molecule has 0 saturated heterocycles. The molecule has 2 N–H and O–H groups in total. The lowest BCUT2D eigenvalue weighted by molar-refractivity contribution is 0.288. The predicted molar refractivity (Wildman–Crippen MR) is 143 cm³/mol. The first-order valence-electron chi connectivity index (χ1n) is 13.0. The summed E-state index contributed by atoms with van der Waals surface area (Å²) >= 11 is 0. The van der Waals surface area contributed by atoms with Crippen LogP contribution in [0.15, 0.2) is 49.1 Å². The lowest BCUT2D eigenvalue weighted by Crippen LogP contribution is -2.26. The highest BCUT2D eigenvalue weighted by atomic mass is 16.2. The van der Waals surface area contributed by atoms with Gasteiger partial charge in [0.1, 0.15) is 17.8 Å². The molecule has 2 atom stereocenters. The molecule has 4 aromatic rings. The third-order valence-corrected chi connectivity index (χ3v) is 7.22. The summed E-state index contributed by atoms with van der Waals surface area (Å²) in [6, 6.07) is 11.5. The molecular weight excluding hydrogens is 434 g/mol. The molecule has 1 aliphatic rings. The van der Waals surface area contributed by atoms with Gasteiger partial charge in [0.25, 0.3) is 0 Å². The zero-order valence-corrected chi connectivity index (χ0v) is 21.2. The SMILES string of the molecule is CC(C)(C)Nc1ccc2cc(CCCO)c(CCC3CCC(n4ccc5cncnc54)C3)cc2n1. The second kappa shape index (κ2) is 9.94. The summed E-state index contributed by atoms with van der Waals surface area (Å²) < 4.78 is 2.35. The summed E-state index contributed by atoms with van der Waals surface area (Å²) in [5, 5.41) is 15.2. The van der Waals surface area contributed by atoms with Crippen molar-refractivity contribution in [3.8, 4) is 0 Å². The highest BCUT2D eigenvalue weighted by molar-refractivity contribution is 5.82. The normalized spacial score (nSPS) is 18.5. The molecule has 0 spiro atoms. The molecule has 2 unspecified atom stereocenters. The first-order valence-corrected chi connectivity index (χ1v) is 13.0. The van der Waals surface area contributed by atoms with E-state index in [1.54, 1.807) is 6.33 Å². The van der Waals surface area contributed by atoms with Crippen LogP contribution in [0.2, 0.25) is 0 Å². The molecule has 3 aromatic heterocycles. The van der Waals surface area contributed by atoms with Gasteiger partial charge in [0, 0.05) is 41.4 Å². The van der Waals surface area contributed by atoms with Crippen LogP contribution in [0.3, 0.4) is 0 Å². The molecular formula is C29H37N5O. The number of hydrogen-bond acceptors (Lipinski definition) is 5. The maximum atomic E-state index is 9.44. The number of aliphatic hydroxyl groups is 1. The van der Waals surface area contributed by atoms with E-state index in [1.807, 2.05) is 6.20 Å². The molecule has 35 heavy (non-hydrogen) atoms. The van der Waals surface area contributed by atoms with Crippen LogP contribution >= 0.6 is 0 Å². The van der Waals surface area contributed by atoms with E-state index < -0.39 is 0 Å². The minimum atomic E-state index is -0.0271. The van der Waals surface area contributed by atoms with Gasteiger partial charge in [0.15, 0.2) is 0 Å². The fourth-order valence-corrected chi connectivity index (χ4v) is 5.57. The standard InChI is InChI=1S/C29H37N5O/c1-29(2,3)33-27-11-9-23-16-21(5-4-14-35)22(17-26(23)32-27)8-6-20-7-10-25(15-20)34-13-12-24-18-30-19-31-28(24)34/h9,11-13,16-20,25,35H,4-8,10,14-15H2,1-3H3,(H,32,33). The molecule has 1 saturated carbocycles. The molecule has 0 amide bonds. The first kappa shape index (κ1) is 23.7. The molecule has 1 fully saturated rings. The number of benzene rings is 1. The minimum Gasteiger partial charge on any atom is -0.396 e. The molecule has 5 rings (SSSR count). The Kier molecular flexibility index (Phi) is 6.74. The fourth-order valence-electron chi connectivity index (χ4n) is 5.57. The highest BCUT2D eigenvalue weighted by Gasteiger charge is 2.27. The van der Waals surface area contributed by atoms with E-state index in [2.05, 4.69) is 77.2 Å². The summed E-state index contributed by atoms with van der Waals surface area (Å²) in [5.74, 6) is 1.63. The summed E-state index contributed by atoms with van der Waals surface area (Å²) in [7, 11) is 0. The van der Waals surface area contributed by atoms with Gasteiger partial charge < -0.3 is 15.0 Å². The average molecular weight is 472 g/mol. The van der Waals surface area contributed by atoms with Gasteiger partial charge in [-0.15, -0.1) is 0 Å². The van der Waals surface area contributed by atoms with Crippen LogP contribution in [0.4, 0.5) is 5.82 Å². The number of nitrogens with zero attached hydrogens (tertiary/aromatic N) is 4. The summed E-state index contributed by atoms with van der Waals surface area (Å²) in [6.07, 6.45) is 13.3. The van der Waals surface area contributed by atoms with Gasteiger partial charge in [0.05, 0.1) is 5.52 Å². The Bertz CT molecular complexity index is 1310. The number of aromatic nitrogens is 4. The van der Waals surface area contributed by atoms with E-state index >= 15 is 0 Å². The van der Waals surface area contributed by atoms with Crippen molar-refractivity contribution in [2.75, 3.05) is 11.9 Å². The predicted octanol–water partition coefficient (Wildman–Crippen LogP) is 6.09. The van der Waals surface area contributed by atoms with Crippen molar-refractivity contribution in [2.45, 2.75) is 77.3 Å². The van der Waals surface area contributed by atoms with Crippen molar-refractivity contribution < 1.29 is 5.11 Å². The number of hydrogen-bond donors (Lipinski definition) is 2. The fraction of sp³-hybridized carbons (Fsp3) is 0.483. The summed E-state index contributed by atoms with van der Waals surface area (Å²) in [5.41, 5.74) is 4.81. The Hall–Kier alpha value is -2.99. The molecule has 6 nitrogen and oxygen atoms in total. The third-order valence-electron chi connectivity index (χ3n) is 7.22. The second-order valence-corrected chi connectivity index (χ2v) is 11.1. The summed E-state index contributed by atoms with van der Waals surface area (Å²) in [4.78, 5) is 13.6. The smallest absolute Gasteiger partial charge is 0.143 e. The van der Waals surface area contributed by atoms with Gasteiger partial charge in [-0.3, -0.25) is 0 Å². The van der Waals surface area contributed by atoms with E-state index in [9.17, 15) is 5.11 Å². The Labute approximate surface area is 207 Å². The van der Waals surface area contributed by atoms with E-state index in [4.69, 9.17) is 4.98 Å². The van der Waals surface area contributed by atoms with Crippen molar-refractivity contribution in [1.82, 2.24) is 19.5 Å². The van der Waals surface area contributed by atoms with Crippen LogP contribution in [0, 0.1) is 5.92 Å². The number of anilines is 1. The third kappa shape index (κ3) is 5.48. The molecule has 0 radical (unpaired) electrons. The van der Waals surface area contributed by atoms with E-state index in [-0.39, 0.29) is 12.1 Å². The van der Waals surface area contributed by atoms with Gasteiger partial charge in [-0.25, -0.2) is 15.0 Å². The van der Waals surface area contributed by atoms with E-state index in [0.29, 0.717) is 12.0 Å². The lowest BCUT2D eigenvalue weighted by atomic mass is 9.92. The largest absolute Gasteiger partial charge is 0.396 e. The van der Waals surface area contributed by atoms with Gasteiger partial charge >= 0.3 is 0 Å². The van der Waals surface area contributed by atoms with Crippen molar-refractivity contribution in [2.24, 2.45) is 5.92 Å². The molecule has 0 aliphatic heterocycles. The number of aryl methyl sites for hydroxylation is 2. The maximum absolute atomic E-state index is 9.44. The number of fused-ring (bicyclic) bond motifs is 2. The lowest BCUT2D eigenvalue weighted by Gasteiger charge is -2.21. The number of nitrogens with one attached hydrogen (secondary N) is 1. The topological polar surface area (TPSA) is 75.9 Å². The zero-order chi connectivity index (χ0) is 24.4. The summed E-state index contributed by atoms with van der Waals surface area (Å²) in [6.45, 7) is 6.69. The Balaban J connectivity index is 1.32. The monoisotopic (exact) mass is 471 g/mol. The minimum absolute atomic E-state index is 0.0271. The van der Waals surface area contributed by atoms with E-state index in [1.165, 1.54) is 42.2 Å².